The summed E-state index contributed by atoms with van der Waals surface area (Å²) in [6.07, 6.45) is 3.72. The van der Waals surface area contributed by atoms with E-state index in [2.05, 4.69) is 53.3 Å². The van der Waals surface area contributed by atoms with Crippen molar-refractivity contribution in [2.45, 2.75) is 52.6 Å². The second-order valence-electron chi connectivity index (χ2n) is 5.74. The molecule has 2 rings (SSSR count). The van der Waals surface area contributed by atoms with Crippen LogP contribution in [0.15, 0.2) is 12.1 Å². The fourth-order valence-corrected chi connectivity index (χ4v) is 2.60. The van der Waals surface area contributed by atoms with Crippen LogP contribution in [-0.2, 0) is 6.54 Å². The zero-order chi connectivity index (χ0) is 13.7. The Morgan fingerprint density at radius 1 is 1.26 bits per heavy atom. The van der Waals surface area contributed by atoms with E-state index >= 15 is 0 Å². The molecule has 0 bridgehead atoms. The maximum atomic E-state index is 4.40. The lowest BCUT2D eigenvalue weighted by atomic mass is 9.95. The Labute approximate surface area is 116 Å². The average Bonchev–Trinajstić information content (AvgIpc) is 2.43. The van der Waals surface area contributed by atoms with Crippen molar-refractivity contribution in [2.75, 3.05) is 18.0 Å². The smallest absolute Gasteiger partial charge is 0.151 e. The van der Waals surface area contributed by atoms with Crippen molar-refractivity contribution in [1.29, 1.82) is 0 Å². The van der Waals surface area contributed by atoms with Crippen molar-refractivity contribution in [1.82, 2.24) is 15.5 Å². The molecule has 0 radical (unpaired) electrons. The zero-order valence-electron chi connectivity index (χ0n) is 12.4. The van der Waals surface area contributed by atoms with Crippen LogP contribution in [0.5, 0.6) is 0 Å². The van der Waals surface area contributed by atoms with Gasteiger partial charge < -0.3 is 10.2 Å². The molecule has 2 unspecified atom stereocenters. The highest BCUT2D eigenvalue weighted by molar-refractivity contribution is 5.39. The molecule has 1 aliphatic heterocycles. The molecule has 2 atom stereocenters. The van der Waals surface area contributed by atoms with E-state index < -0.39 is 0 Å². The minimum atomic E-state index is 0.578. The quantitative estimate of drug-likeness (QED) is 0.828. The number of nitrogens with zero attached hydrogens (tertiary/aromatic N) is 3. The van der Waals surface area contributed by atoms with E-state index in [9.17, 15) is 0 Å². The van der Waals surface area contributed by atoms with E-state index in [-0.39, 0.29) is 0 Å². The summed E-state index contributed by atoms with van der Waals surface area (Å²) in [5.41, 5.74) is 1.02. The van der Waals surface area contributed by atoms with Gasteiger partial charge in [0.15, 0.2) is 5.82 Å². The monoisotopic (exact) mass is 262 g/mol. The normalized spacial score (nSPS) is 23.6. The van der Waals surface area contributed by atoms with Gasteiger partial charge in [0.05, 0.1) is 5.69 Å². The van der Waals surface area contributed by atoms with Gasteiger partial charge in [-0.1, -0.05) is 13.8 Å². The molecule has 0 aromatic carbocycles. The van der Waals surface area contributed by atoms with Crippen molar-refractivity contribution in [3.8, 4) is 0 Å². The Morgan fingerprint density at radius 2 is 2.11 bits per heavy atom. The predicted molar refractivity (Wildman–Crippen MR) is 79.2 cm³/mol. The number of hydrogen-bond acceptors (Lipinski definition) is 4. The minimum absolute atomic E-state index is 0.578. The molecule has 4 heteroatoms. The van der Waals surface area contributed by atoms with E-state index in [1.165, 1.54) is 12.8 Å². The lowest BCUT2D eigenvalue weighted by Gasteiger charge is -2.37. The fourth-order valence-electron chi connectivity index (χ4n) is 2.60. The van der Waals surface area contributed by atoms with Gasteiger partial charge in [0.2, 0.25) is 0 Å². The van der Waals surface area contributed by atoms with E-state index in [4.69, 9.17) is 0 Å². The van der Waals surface area contributed by atoms with Gasteiger partial charge in [-0.15, -0.1) is 5.10 Å². The molecule has 1 saturated heterocycles. The molecule has 106 valence electrons. The van der Waals surface area contributed by atoms with Gasteiger partial charge in [0.25, 0.3) is 0 Å². The molecule has 1 aromatic rings. The molecule has 2 heterocycles. The van der Waals surface area contributed by atoms with Crippen molar-refractivity contribution < 1.29 is 0 Å². The Balaban J connectivity index is 1.97. The van der Waals surface area contributed by atoms with Crippen LogP contribution < -0.4 is 10.2 Å². The number of piperidine rings is 1. The van der Waals surface area contributed by atoms with Gasteiger partial charge in [0.1, 0.15) is 0 Å². The lowest BCUT2D eigenvalue weighted by molar-refractivity contribution is 0.387. The molecule has 0 saturated carbocycles. The van der Waals surface area contributed by atoms with E-state index in [1.807, 2.05) is 0 Å². The number of nitrogens with one attached hydrogen (secondary N) is 1. The van der Waals surface area contributed by atoms with Crippen LogP contribution in [-0.4, -0.2) is 29.3 Å². The van der Waals surface area contributed by atoms with Gasteiger partial charge in [-0.05, 0) is 50.8 Å². The second kappa shape index (κ2) is 6.85. The summed E-state index contributed by atoms with van der Waals surface area (Å²) < 4.78 is 0. The van der Waals surface area contributed by atoms with Crippen LogP contribution in [0.2, 0.25) is 0 Å². The molecule has 1 fully saturated rings. The first-order chi connectivity index (χ1) is 9.20. The number of hydrogen-bond donors (Lipinski definition) is 1. The Hall–Kier alpha value is -1.16. The third kappa shape index (κ3) is 3.90. The van der Waals surface area contributed by atoms with Crippen LogP contribution in [0.4, 0.5) is 5.82 Å². The van der Waals surface area contributed by atoms with Crippen LogP contribution in [0.3, 0.4) is 0 Å². The highest BCUT2D eigenvalue weighted by Gasteiger charge is 2.23. The van der Waals surface area contributed by atoms with Crippen molar-refractivity contribution in [3.63, 3.8) is 0 Å². The highest BCUT2D eigenvalue weighted by atomic mass is 15.3. The topological polar surface area (TPSA) is 41.0 Å². The van der Waals surface area contributed by atoms with Crippen LogP contribution in [0, 0.1) is 5.92 Å². The van der Waals surface area contributed by atoms with Crippen molar-refractivity contribution in [2.24, 2.45) is 5.92 Å². The number of aromatic nitrogens is 2. The van der Waals surface area contributed by atoms with Crippen LogP contribution in [0.25, 0.3) is 0 Å². The number of rotatable bonds is 5. The molecule has 0 aliphatic carbocycles. The van der Waals surface area contributed by atoms with Gasteiger partial charge in [-0.2, -0.15) is 5.10 Å². The minimum Gasteiger partial charge on any atom is -0.352 e. The first kappa shape index (κ1) is 14.3. The van der Waals surface area contributed by atoms with E-state index in [1.54, 1.807) is 0 Å². The molecule has 0 spiro atoms. The molecule has 1 N–H and O–H groups in total. The van der Waals surface area contributed by atoms with Crippen molar-refractivity contribution >= 4 is 5.82 Å². The summed E-state index contributed by atoms with van der Waals surface area (Å²) >= 11 is 0. The summed E-state index contributed by atoms with van der Waals surface area (Å²) in [4.78, 5) is 2.39. The summed E-state index contributed by atoms with van der Waals surface area (Å²) in [6.45, 7) is 9.71. The third-order valence-electron chi connectivity index (χ3n) is 3.85. The maximum absolute atomic E-state index is 4.40. The SMILES string of the molecule is CCCNCc1ccc(N2CC(C)CCC2C)nn1. The maximum Gasteiger partial charge on any atom is 0.151 e. The average molecular weight is 262 g/mol. The third-order valence-corrected chi connectivity index (χ3v) is 3.85. The summed E-state index contributed by atoms with van der Waals surface area (Å²) in [5.74, 6) is 1.78. The summed E-state index contributed by atoms with van der Waals surface area (Å²) in [6, 6.07) is 4.79. The van der Waals surface area contributed by atoms with Gasteiger partial charge >= 0.3 is 0 Å². The van der Waals surface area contributed by atoms with Crippen LogP contribution in [0.1, 0.15) is 45.7 Å². The van der Waals surface area contributed by atoms with Gasteiger partial charge in [0, 0.05) is 19.1 Å². The Kier molecular flexibility index (Phi) is 5.14. The van der Waals surface area contributed by atoms with E-state index in [0.29, 0.717) is 6.04 Å². The summed E-state index contributed by atoms with van der Waals surface area (Å²) in [5, 5.41) is 12.1. The predicted octanol–water partition coefficient (Wildman–Crippen LogP) is 2.60. The van der Waals surface area contributed by atoms with Crippen molar-refractivity contribution in [3.05, 3.63) is 17.8 Å². The largest absolute Gasteiger partial charge is 0.352 e. The standard InChI is InChI=1S/C15H26N4/c1-4-9-16-10-14-7-8-15(18-17-14)19-11-12(2)5-6-13(19)3/h7-8,12-13,16H,4-6,9-11H2,1-3H3. The first-order valence-corrected chi connectivity index (χ1v) is 7.50. The lowest BCUT2D eigenvalue weighted by Crippen LogP contribution is -2.41. The molecule has 4 nitrogen and oxygen atoms in total. The number of anilines is 1. The molecular weight excluding hydrogens is 236 g/mol. The van der Waals surface area contributed by atoms with Gasteiger partial charge in [-0.3, -0.25) is 0 Å². The zero-order valence-corrected chi connectivity index (χ0v) is 12.4. The molecule has 1 aliphatic rings. The van der Waals surface area contributed by atoms with Gasteiger partial charge in [-0.25, -0.2) is 0 Å². The molecule has 0 amide bonds. The Bertz CT molecular complexity index is 376. The fraction of sp³-hybridized carbons (Fsp3) is 0.733. The molecule has 19 heavy (non-hydrogen) atoms. The first-order valence-electron chi connectivity index (χ1n) is 7.50. The second-order valence-corrected chi connectivity index (χ2v) is 5.74. The Morgan fingerprint density at radius 3 is 2.79 bits per heavy atom. The van der Waals surface area contributed by atoms with E-state index in [0.717, 1.165) is 43.5 Å². The highest BCUT2D eigenvalue weighted by Crippen LogP contribution is 2.25. The summed E-state index contributed by atoms with van der Waals surface area (Å²) in [7, 11) is 0. The molecular formula is C15H26N4. The van der Waals surface area contributed by atoms with Crippen LogP contribution >= 0.6 is 0 Å². The molecule has 1 aromatic heterocycles.